The molecule has 2 N–H and O–H groups in total. The SMILES string of the molecule is O=[N+]([O-])c1cc(Br)c(F)cc1NC1CCNC2(CCC2)C1. The van der Waals surface area contributed by atoms with Crippen LogP contribution in [0.2, 0.25) is 0 Å². The molecule has 2 fully saturated rings. The van der Waals surface area contributed by atoms with E-state index in [1.54, 1.807) is 0 Å². The normalized spacial score (nSPS) is 23.6. The lowest BCUT2D eigenvalue weighted by atomic mass is 9.70. The van der Waals surface area contributed by atoms with Crippen LogP contribution < -0.4 is 10.6 Å². The predicted octanol–water partition coefficient (Wildman–Crippen LogP) is 3.58. The Labute approximate surface area is 130 Å². The number of anilines is 1. The van der Waals surface area contributed by atoms with Crippen molar-refractivity contribution in [1.29, 1.82) is 0 Å². The Hall–Kier alpha value is -1.21. The van der Waals surface area contributed by atoms with E-state index in [-0.39, 0.29) is 27.4 Å². The van der Waals surface area contributed by atoms with Gasteiger partial charge >= 0.3 is 0 Å². The summed E-state index contributed by atoms with van der Waals surface area (Å²) in [6.45, 7) is 0.893. The average Bonchev–Trinajstić information content (AvgIpc) is 2.41. The Morgan fingerprint density at radius 1 is 1.48 bits per heavy atom. The van der Waals surface area contributed by atoms with Crippen molar-refractivity contribution in [2.24, 2.45) is 0 Å². The van der Waals surface area contributed by atoms with Crippen molar-refractivity contribution in [3.63, 3.8) is 0 Å². The smallest absolute Gasteiger partial charge is 0.293 e. The second kappa shape index (κ2) is 5.53. The molecule has 1 saturated heterocycles. The number of halogens is 2. The van der Waals surface area contributed by atoms with Crippen molar-refractivity contribution in [1.82, 2.24) is 5.32 Å². The molecule has 1 unspecified atom stereocenters. The Morgan fingerprint density at radius 3 is 2.86 bits per heavy atom. The van der Waals surface area contributed by atoms with E-state index < -0.39 is 10.7 Å². The molecular formula is C14H17BrFN3O2. The molecule has 1 heterocycles. The van der Waals surface area contributed by atoms with Gasteiger partial charge in [-0.25, -0.2) is 4.39 Å². The molecule has 21 heavy (non-hydrogen) atoms. The first-order valence-corrected chi connectivity index (χ1v) is 7.93. The first-order valence-electron chi connectivity index (χ1n) is 7.14. The lowest BCUT2D eigenvalue weighted by Gasteiger charge is -2.48. The zero-order chi connectivity index (χ0) is 15.0. The molecule has 0 aromatic heterocycles. The van der Waals surface area contributed by atoms with Crippen LogP contribution >= 0.6 is 15.9 Å². The first-order chi connectivity index (χ1) is 9.99. The molecule has 1 aromatic rings. The molecule has 3 rings (SSSR count). The maximum Gasteiger partial charge on any atom is 0.293 e. The van der Waals surface area contributed by atoms with Gasteiger partial charge in [-0.2, -0.15) is 0 Å². The van der Waals surface area contributed by atoms with Crippen LogP contribution in [0.5, 0.6) is 0 Å². The maximum atomic E-state index is 13.7. The number of benzene rings is 1. The van der Waals surface area contributed by atoms with E-state index in [9.17, 15) is 14.5 Å². The van der Waals surface area contributed by atoms with E-state index in [1.807, 2.05) is 0 Å². The molecule has 114 valence electrons. The highest BCUT2D eigenvalue weighted by Gasteiger charge is 2.41. The molecule has 5 nitrogen and oxygen atoms in total. The van der Waals surface area contributed by atoms with E-state index in [2.05, 4.69) is 26.6 Å². The van der Waals surface area contributed by atoms with Gasteiger partial charge in [-0.3, -0.25) is 10.1 Å². The number of rotatable bonds is 3. The molecule has 2 aliphatic rings. The summed E-state index contributed by atoms with van der Waals surface area (Å²) in [5.74, 6) is -0.490. The van der Waals surface area contributed by atoms with Crippen LogP contribution in [0.3, 0.4) is 0 Å². The van der Waals surface area contributed by atoms with Gasteiger partial charge in [0.1, 0.15) is 11.5 Å². The summed E-state index contributed by atoms with van der Waals surface area (Å²) in [6.07, 6.45) is 5.36. The van der Waals surface area contributed by atoms with E-state index in [0.717, 1.165) is 32.2 Å². The van der Waals surface area contributed by atoms with Gasteiger partial charge in [-0.15, -0.1) is 0 Å². The third-order valence-electron chi connectivity index (χ3n) is 4.54. The van der Waals surface area contributed by atoms with Crippen molar-refractivity contribution in [3.05, 3.63) is 32.5 Å². The summed E-state index contributed by atoms with van der Waals surface area (Å²) < 4.78 is 13.8. The van der Waals surface area contributed by atoms with Crippen LogP contribution in [-0.4, -0.2) is 23.0 Å². The molecule has 1 aliphatic carbocycles. The number of hydrogen-bond acceptors (Lipinski definition) is 4. The summed E-state index contributed by atoms with van der Waals surface area (Å²) >= 11 is 2.99. The molecule has 1 atom stereocenters. The Morgan fingerprint density at radius 2 is 2.24 bits per heavy atom. The summed E-state index contributed by atoms with van der Waals surface area (Å²) in [5.41, 5.74) is 0.366. The highest BCUT2D eigenvalue weighted by Crippen LogP contribution is 2.40. The average molecular weight is 358 g/mol. The topological polar surface area (TPSA) is 67.2 Å². The summed E-state index contributed by atoms with van der Waals surface area (Å²) in [6, 6.07) is 2.57. The minimum atomic E-state index is -0.490. The number of nitro groups is 1. The van der Waals surface area contributed by atoms with Gasteiger partial charge < -0.3 is 10.6 Å². The van der Waals surface area contributed by atoms with Gasteiger partial charge in [0, 0.05) is 23.7 Å². The van der Waals surface area contributed by atoms with Gasteiger partial charge in [0.05, 0.1) is 9.40 Å². The molecule has 1 spiro atoms. The van der Waals surface area contributed by atoms with Gasteiger partial charge in [-0.1, -0.05) is 0 Å². The third-order valence-corrected chi connectivity index (χ3v) is 5.14. The number of hydrogen-bond donors (Lipinski definition) is 2. The maximum absolute atomic E-state index is 13.7. The van der Waals surface area contributed by atoms with E-state index >= 15 is 0 Å². The molecular weight excluding hydrogens is 341 g/mol. The standard InChI is InChI=1S/C14H17BrFN3O2/c15-10-6-13(19(20)21)12(7-11(10)16)18-9-2-5-17-14(8-9)3-1-4-14/h6-7,9,17-18H,1-5,8H2. The molecule has 1 saturated carbocycles. The molecule has 1 aromatic carbocycles. The monoisotopic (exact) mass is 357 g/mol. The van der Waals surface area contributed by atoms with E-state index in [0.29, 0.717) is 0 Å². The van der Waals surface area contributed by atoms with Crippen LogP contribution in [0, 0.1) is 15.9 Å². The van der Waals surface area contributed by atoms with Crippen molar-refractivity contribution >= 4 is 27.3 Å². The molecule has 0 radical (unpaired) electrons. The molecule has 0 amide bonds. The third kappa shape index (κ3) is 2.89. The predicted molar refractivity (Wildman–Crippen MR) is 82.0 cm³/mol. The zero-order valence-electron chi connectivity index (χ0n) is 11.5. The largest absolute Gasteiger partial charge is 0.377 e. The van der Waals surface area contributed by atoms with Crippen molar-refractivity contribution in [3.8, 4) is 0 Å². The van der Waals surface area contributed by atoms with Crippen LogP contribution in [-0.2, 0) is 0 Å². The van der Waals surface area contributed by atoms with Crippen molar-refractivity contribution in [2.75, 3.05) is 11.9 Å². The van der Waals surface area contributed by atoms with Crippen molar-refractivity contribution < 1.29 is 9.31 Å². The van der Waals surface area contributed by atoms with Crippen molar-refractivity contribution in [2.45, 2.75) is 43.7 Å². The number of nitrogens with one attached hydrogen (secondary N) is 2. The van der Waals surface area contributed by atoms with Crippen LogP contribution in [0.15, 0.2) is 16.6 Å². The summed E-state index contributed by atoms with van der Waals surface area (Å²) in [7, 11) is 0. The number of piperidine rings is 1. The van der Waals surface area contributed by atoms with Crippen LogP contribution in [0.1, 0.15) is 32.1 Å². The lowest BCUT2D eigenvalue weighted by molar-refractivity contribution is -0.384. The zero-order valence-corrected chi connectivity index (χ0v) is 13.1. The second-order valence-corrected chi connectivity index (χ2v) is 6.79. The summed E-state index contributed by atoms with van der Waals surface area (Å²) in [5, 5.41) is 17.9. The fourth-order valence-corrected chi connectivity index (χ4v) is 3.62. The van der Waals surface area contributed by atoms with Gasteiger partial charge in [0.2, 0.25) is 0 Å². The quantitative estimate of drug-likeness (QED) is 0.640. The lowest BCUT2D eigenvalue weighted by Crippen LogP contribution is -2.58. The minimum Gasteiger partial charge on any atom is -0.377 e. The highest BCUT2D eigenvalue weighted by atomic mass is 79.9. The Bertz CT molecular complexity index is 578. The Balaban J connectivity index is 1.80. The second-order valence-electron chi connectivity index (χ2n) is 5.94. The first kappa shape index (κ1) is 14.7. The number of nitro benzene ring substituents is 1. The van der Waals surface area contributed by atoms with Gasteiger partial charge in [0.25, 0.3) is 5.69 Å². The summed E-state index contributed by atoms with van der Waals surface area (Å²) in [4.78, 5) is 10.7. The fraction of sp³-hybridized carbons (Fsp3) is 0.571. The van der Waals surface area contributed by atoms with Gasteiger partial charge in [-0.05, 0) is 54.6 Å². The van der Waals surface area contributed by atoms with Crippen LogP contribution in [0.4, 0.5) is 15.8 Å². The molecule has 7 heteroatoms. The van der Waals surface area contributed by atoms with Crippen LogP contribution in [0.25, 0.3) is 0 Å². The fourth-order valence-electron chi connectivity index (χ4n) is 3.29. The minimum absolute atomic E-state index is 0.0931. The molecule has 0 bridgehead atoms. The highest BCUT2D eigenvalue weighted by molar-refractivity contribution is 9.10. The number of nitrogens with zero attached hydrogens (tertiary/aromatic N) is 1. The van der Waals surface area contributed by atoms with E-state index in [4.69, 9.17) is 0 Å². The Kier molecular flexibility index (Phi) is 3.88. The molecule has 1 aliphatic heterocycles. The van der Waals surface area contributed by atoms with Gasteiger partial charge in [0.15, 0.2) is 0 Å². The van der Waals surface area contributed by atoms with E-state index in [1.165, 1.54) is 18.6 Å².